The van der Waals surface area contributed by atoms with Crippen molar-refractivity contribution in [2.75, 3.05) is 0 Å². The molecule has 0 aliphatic heterocycles. The minimum Gasteiger partial charge on any atom is -0.197 e. The molecule has 0 aromatic heterocycles. The van der Waals surface area contributed by atoms with Crippen molar-refractivity contribution < 1.29 is 0 Å². The molecule has 0 bridgehead atoms. The number of rotatable bonds is 0. The van der Waals surface area contributed by atoms with Crippen LogP contribution in [0.5, 0.6) is 0 Å². The Balaban J connectivity index is 4.77. The van der Waals surface area contributed by atoms with Gasteiger partial charge < -0.3 is 0 Å². The lowest BCUT2D eigenvalue weighted by Gasteiger charge is -2.28. The molecule has 2 nitrogen and oxygen atoms in total. The summed E-state index contributed by atoms with van der Waals surface area (Å²) in [5.74, 6) is 0. The van der Waals surface area contributed by atoms with E-state index in [0.717, 1.165) is 0 Å². The van der Waals surface area contributed by atoms with E-state index in [1.54, 1.807) is 6.92 Å². The Morgan fingerprint density at radius 2 is 1.20 bits per heavy atom. The largest absolute Gasteiger partial charge is 0.197 e. The quantitative estimate of drug-likeness (QED) is 0.512. The van der Waals surface area contributed by atoms with Crippen LogP contribution in [-0.4, -0.2) is 0 Å². The summed E-state index contributed by atoms with van der Waals surface area (Å²) in [6.07, 6.45) is 0. The van der Waals surface area contributed by atoms with Crippen LogP contribution in [0, 0.1) is 33.5 Å². The van der Waals surface area contributed by atoms with Gasteiger partial charge in [-0.05, 0) is 12.3 Å². The third-order valence-corrected chi connectivity index (χ3v) is 1.95. The summed E-state index contributed by atoms with van der Waals surface area (Å²) in [5, 5.41) is 17.3. The van der Waals surface area contributed by atoms with Crippen molar-refractivity contribution >= 4 is 0 Å². The van der Waals surface area contributed by atoms with Crippen LogP contribution in [0.4, 0.5) is 0 Å². The van der Waals surface area contributed by atoms with Gasteiger partial charge in [-0.25, -0.2) is 0 Å². The Bertz CT molecular complexity index is 183. The zero-order valence-corrected chi connectivity index (χ0v) is 6.89. The van der Waals surface area contributed by atoms with E-state index in [4.69, 9.17) is 10.5 Å². The second kappa shape index (κ2) is 2.31. The third kappa shape index (κ3) is 1.28. The van der Waals surface area contributed by atoms with Gasteiger partial charge in [0.2, 0.25) is 0 Å². The summed E-state index contributed by atoms with van der Waals surface area (Å²) in [7, 11) is 0. The lowest BCUT2D eigenvalue weighted by Crippen LogP contribution is -2.29. The zero-order valence-electron chi connectivity index (χ0n) is 6.89. The van der Waals surface area contributed by atoms with Crippen LogP contribution in [0.1, 0.15) is 27.7 Å². The highest BCUT2D eigenvalue weighted by molar-refractivity contribution is 5.16. The fourth-order valence-electron chi connectivity index (χ4n) is 0.360. The lowest BCUT2D eigenvalue weighted by molar-refractivity contribution is 0.245. The summed E-state index contributed by atoms with van der Waals surface area (Å²) >= 11 is 0. The molecule has 0 saturated heterocycles. The minimum absolute atomic E-state index is 0.267. The Kier molecular flexibility index (Phi) is 2.07. The SMILES string of the molecule is CC(C)(C)C(C)(C#N)C#N. The summed E-state index contributed by atoms with van der Waals surface area (Å²) in [5.41, 5.74) is -1.14. The molecule has 0 N–H and O–H groups in total. The molecule has 54 valence electrons. The van der Waals surface area contributed by atoms with Crippen LogP contribution in [0.25, 0.3) is 0 Å². The van der Waals surface area contributed by atoms with Crippen molar-refractivity contribution in [1.29, 1.82) is 10.5 Å². The number of nitrogens with zero attached hydrogens (tertiary/aromatic N) is 2. The monoisotopic (exact) mass is 136 g/mol. The first-order valence-electron chi connectivity index (χ1n) is 3.20. The Hall–Kier alpha value is -1.02. The molecule has 0 heterocycles. The fourth-order valence-corrected chi connectivity index (χ4v) is 0.360. The van der Waals surface area contributed by atoms with E-state index in [1.807, 2.05) is 32.9 Å². The highest BCUT2D eigenvalue weighted by atomic mass is 14.5. The maximum atomic E-state index is 8.65. The second-order valence-electron chi connectivity index (χ2n) is 3.60. The Morgan fingerprint density at radius 3 is 1.20 bits per heavy atom. The van der Waals surface area contributed by atoms with Gasteiger partial charge in [0.05, 0.1) is 12.1 Å². The molecule has 0 amide bonds. The van der Waals surface area contributed by atoms with E-state index < -0.39 is 5.41 Å². The van der Waals surface area contributed by atoms with Crippen LogP contribution in [0.15, 0.2) is 0 Å². The molecular weight excluding hydrogens is 124 g/mol. The topological polar surface area (TPSA) is 47.6 Å². The summed E-state index contributed by atoms with van der Waals surface area (Å²) in [4.78, 5) is 0. The smallest absolute Gasteiger partial charge is 0.145 e. The molecule has 10 heavy (non-hydrogen) atoms. The first-order valence-corrected chi connectivity index (χ1v) is 3.20. The van der Waals surface area contributed by atoms with Crippen LogP contribution in [0.3, 0.4) is 0 Å². The zero-order chi connectivity index (χ0) is 8.41. The maximum Gasteiger partial charge on any atom is 0.145 e. The van der Waals surface area contributed by atoms with Gasteiger partial charge in [-0.15, -0.1) is 0 Å². The van der Waals surface area contributed by atoms with Crippen molar-refractivity contribution in [2.24, 2.45) is 10.8 Å². The van der Waals surface area contributed by atoms with E-state index in [-0.39, 0.29) is 5.41 Å². The molecule has 0 aliphatic carbocycles. The molecule has 0 rings (SSSR count). The van der Waals surface area contributed by atoms with Gasteiger partial charge in [-0.1, -0.05) is 20.8 Å². The molecule has 2 heteroatoms. The molecule has 0 aromatic carbocycles. The number of hydrogen-bond donors (Lipinski definition) is 0. The molecule has 0 aliphatic rings. The molecule has 0 aromatic rings. The molecule has 0 unspecified atom stereocenters. The molecule has 0 radical (unpaired) electrons. The van der Waals surface area contributed by atoms with E-state index in [1.165, 1.54) is 0 Å². The van der Waals surface area contributed by atoms with Crippen molar-refractivity contribution in [3.05, 3.63) is 0 Å². The predicted molar refractivity (Wildman–Crippen MR) is 38.8 cm³/mol. The minimum atomic E-state index is -0.868. The van der Waals surface area contributed by atoms with Crippen LogP contribution >= 0.6 is 0 Å². The standard InChI is InChI=1S/C8H12N2/c1-7(2,3)8(4,5-9)6-10/h1-4H3. The van der Waals surface area contributed by atoms with Gasteiger partial charge in [-0.2, -0.15) is 10.5 Å². The van der Waals surface area contributed by atoms with Crippen molar-refractivity contribution in [2.45, 2.75) is 27.7 Å². The summed E-state index contributed by atoms with van der Waals surface area (Å²) in [6.45, 7) is 7.32. The van der Waals surface area contributed by atoms with E-state index >= 15 is 0 Å². The molecule has 0 atom stereocenters. The number of hydrogen-bond acceptors (Lipinski definition) is 2. The second-order valence-corrected chi connectivity index (χ2v) is 3.60. The van der Waals surface area contributed by atoms with Crippen molar-refractivity contribution in [3.8, 4) is 12.1 Å². The predicted octanol–water partition coefficient (Wildman–Crippen LogP) is 2.09. The molecule has 0 fully saturated rings. The van der Waals surface area contributed by atoms with Crippen LogP contribution in [-0.2, 0) is 0 Å². The summed E-state index contributed by atoms with van der Waals surface area (Å²) in [6, 6.07) is 4.01. The third-order valence-electron chi connectivity index (χ3n) is 1.95. The van der Waals surface area contributed by atoms with Gasteiger partial charge in [0.1, 0.15) is 5.41 Å². The Labute approximate surface area is 62.1 Å². The highest BCUT2D eigenvalue weighted by Gasteiger charge is 2.37. The van der Waals surface area contributed by atoms with Gasteiger partial charge in [-0.3, -0.25) is 0 Å². The average molecular weight is 136 g/mol. The highest BCUT2D eigenvalue weighted by Crippen LogP contribution is 2.36. The van der Waals surface area contributed by atoms with Crippen LogP contribution in [0.2, 0.25) is 0 Å². The lowest BCUT2D eigenvalue weighted by atomic mass is 9.70. The van der Waals surface area contributed by atoms with Crippen LogP contribution < -0.4 is 0 Å². The normalized spacial score (nSPS) is 11.8. The van der Waals surface area contributed by atoms with Gasteiger partial charge in [0.25, 0.3) is 0 Å². The Morgan fingerprint density at radius 1 is 0.900 bits per heavy atom. The van der Waals surface area contributed by atoms with E-state index in [0.29, 0.717) is 0 Å². The first-order chi connectivity index (χ1) is 4.37. The fraction of sp³-hybridized carbons (Fsp3) is 0.750. The van der Waals surface area contributed by atoms with Crippen molar-refractivity contribution in [1.82, 2.24) is 0 Å². The first kappa shape index (κ1) is 8.98. The van der Waals surface area contributed by atoms with Gasteiger partial charge in [0.15, 0.2) is 0 Å². The van der Waals surface area contributed by atoms with Gasteiger partial charge in [0, 0.05) is 0 Å². The van der Waals surface area contributed by atoms with E-state index in [2.05, 4.69) is 0 Å². The molecule has 0 saturated carbocycles. The van der Waals surface area contributed by atoms with Gasteiger partial charge >= 0.3 is 0 Å². The maximum absolute atomic E-state index is 8.65. The van der Waals surface area contributed by atoms with E-state index in [9.17, 15) is 0 Å². The average Bonchev–Trinajstić information content (AvgIpc) is 1.84. The molecular formula is C8H12N2. The molecule has 0 spiro atoms. The summed E-state index contributed by atoms with van der Waals surface area (Å²) < 4.78 is 0. The van der Waals surface area contributed by atoms with Crippen molar-refractivity contribution in [3.63, 3.8) is 0 Å². The number of nitriles is 2.